The number of amides is 2. The summed E-state index contributed by atoms with van der Waals surface area (Å²) in [5.74, 6) is 0.00858. The SMILES string of the molecule is C=CS(=O)(=O)NC(=O)Nc1ncccn1. The molecule has 0 saturated carbocycles. The van der Waals surface area contributed by atoms with Crippen LogP contribution < -0.4 is 10.0 Å². The summed E-state index contributed by atoms with van der Waals surface area (Å²) in [6, 6.07) is 0.616. The van der Waals surface area contributed by atoms with E-state index in [9.17, 15) is 13.2 Å². The molecule has 80 valence electrons. The Kier molecular flexibility index (Phi) is 3.34. The van der Waals surface area contributed by atoms with Crippen LogP contribution in [0.3, 0.4) is 0 Å². The van der Waals surface area contributed by atoms with E-state index in [1.165, 1.54) is 12.4 Å². The molecule has 0 aliphatic carbocycles. The summed E-state index contributed by atoms with van der Waals surface area (Å²) in [4.78, 5) is 18.4. The lowest BCUT2D eigenvalue weighted by atomic mass is 10.7. The fourth-order valence-electron chi connectivity index (χ4n) is 0.662. The summed E-state index contributed by atoms with van der Waals surface area (Å²) in [6.45, 7) is 3.03. The van der Waals surface area contributed by atoms with Crippen LogP contribution in [0.4, 0.5) is 10.7 Å². The van der Waals surface area contributed by atoms with Gasteiger partial charge in [-0.05, 0) is 6.07 Å². The molecule has 15 heavy (non-hydrogen) atoms. The Bertz CT molecular complexity index is 456. The highest BCUT2D eigenvalue weighted by Crippen LogP contribution is 1.94. The zero-order valence-corrected chi connectivity index (χ0v) is 8.36. The summed E-state index contributed by atoms with van der Waals surface area (Å²) >= 11 is 0. The van der Waals surface area contributed by atoms with Gasteiger partial charge in [0.25, 0.3) is 10.0 Å². The van der Waals surface area contributed by atoms with Crippen LogP contribution in [0.1, 0.15) is 0 Å². The highest BCUT2D eigenvalue weighted by molar-refractivity contribution is 7.92. The molecule has 0 bridgehead atoms. The van der Waals surface area contributed by atoms with Crippen LogP contribution in [0, 0.1) is 0 Å². The summed E-state index contributed by atoms with van der Waals surface area (Å²) in [5.41, 5.74) is 0. The number of hydrogen-bond acceptors (Lipinski definition) is 5. The zero-order valence-electron chi connectivity index (χ0n) is 7.54. The van der Waals surface area contributed by atoms with Crippen LogP contribution in [0.5, 0.6) is 0 Å². The van der Waals surface area contributed by atoms with E-state index in [1.807, 2.05) is 0 Å². The van der Waals surface area contributed by atoms with Gasteiger partial charge in [0.15, 0.2) is 0 Å². The van der Waals surface area contributed by atoms with Crippen LogP contribution in [-0.2, 0) is 10.0 Å². The van der Waals surface area contributed by atoms with E-state index >= 15 is 0 Å². The second kappa shape index (κ2) is 4.51. The summed E-state index contributed by atoms with van der Waals surface area (Å²) in [7, 11) is -3.79. The van der Waals surface area contributed by atoms with Crippen molar-refractivity contribution in [1.29, 1.82) is 0 Å². The molecule has 0 atom stereocenters. The van der Waals surface area contributed by atoms with Crippen molar-refractivity contribution in [3.8, 4) is 0 Å². The van der Waals surface area contributed by atoms with Crippen molar-refractivity contribution in [2.75, 3.05) is 5.32 Å². The Morgan fingerprint density at radius 2 is 2.00 bits per heavy atom. The van der Waals surface area contributed by atoms with Gasteiger partial charge in [-0.3, -0.25) is 5.32 Å². The summed E-state index contributed by atoms with van der Waals surface area (Å²) in [5, 5.41) is 2.76. The number of urea groups is 1. The molecule has 8 heteroatoms. The van der Waals surface area contributed by atoms with Gasteiger partial charge in [-0.1, -0.05) is 6.58 Å². The van der Waals surface area contributed by atoms with Gasteiger partial charge in [0.2, 0.25) is 5.95 Å². The highest BCUT2D eigenvalue weighted by Gasteiger charge is 2.10. The van der Waals surface area contributed by atoms with E-state index in [0.29, 0.717) is 5.41 Å². The number of carbonyl (C=O) groups is 1. The first-order valence-electron chi connectivity index (χ1n) is 3.77. The topological polar surface area (TPSA) is 101 Å². The normalized spacial score (nSPS) is 10.4. The van der Waals surface area contributed by atoms with Gasteiger partial charge in [0, 0.05) is 17.8 Å². The van der Waals surface area contributed by atoms with Crippen molar-refractivity contribution >= 4 is 22.0 Å². The highest BCUT2D eigenvalue weighted by atomic mass is 32.2. The number of nitrogens with zero attached hydrogens (tertiary/aromatic N) is 2. The quantitative estimate of drug-likeness (QED) is 0.762. The Labute approximate surface area is 86.3 Å². The third-order valence-corrected chi connectivity index (χ3v) is 2.15. The molecule has 0 saturated heterocycles. The molecule has 1 aromatic rings. The lowest BCUT2D eigenvalue weighted by Crippen LogP contribution is -2.33. The van der Waals surface area contributed by atoms with Crippen molar-refractivity contribution in [2.45, 2.75) is 0 Å². The van der Waals surface area contributed by atoms with Gasteiger partial charge in [-0.2, -0.15) is 0 Å². The first-order valence-corrected chi connectivity index (χ1v) is 5.31. The van der Waals surface area contributed by atoms with E-state index in [-0.39, 0.29) is 5.95 Å². The predicted molar refractivity (Wildman–Crippen MR) is 53.3 cm³/mol. The van der Waals surface area contributed by atoms with E-state index in [4.69, 9.17) is 0 Å². The van der Waals surface area contributed by atoms with Gasteiger partial charge in [-0.15, -0.1) is 0 Å². The van der Waals surface area contributed by atoms with Crippen molar-refractivity contribution in [3.05, 3.63) is 30.4 Å². The number of anilines is 1. The number of nitrogens with one attached hydrogen (secondary N) is 2. The van der Waals surface area contributed by atoms with Crippen molar-refractivity contribution < 1.29 is 13.2 Å². The molecular weight excluding hydrogens is 220 g/mol. The molecule has 2 amide bonds. The number of carbonyl (C=O) groups excluding carboxylic acids is 1. The largest absolute Gasteiger partial charge is 0.335 e. The molecule has 0 aromatic carbocycles. The van der Waals surface area contributed by atoms with E-state index in [2.05, 4.69) is 21.9 Å². The molecular formula is C7H8N4O3S. The molecule has 0 aliphatic heterocycles. The summed E-state index contributed by atoms with van der Waals surface area (Å²) < 4.78 is 23.4. The third-order valence-electron chi connectivity index (χ3n) is 1.25. The van der Waals surface area contributed by atoms with Crippen molar-refractivity contribution in [2.24, 2.45) is 0 Å². The number of rotatable bonds is 3. The number of hydrogen-bond donors (Lipinski definition) is 2. The minimum Gasteiger partial charge on any atom is -0.275 e. The van der Waals surface area contributed by atoms with Gasteiger partial charge in [0.05, 0.1) is 0 Å². The van der Waals surface area contributed by atoms with Gasteiger partial charge in [0.1, 0.15) is 0 Å². The van der Waals surface area contributed by atoms with Crippen LogP contribution >= 0.6 is 0 Å². The average Bonchev–Trinajstić information content (AvgIpc) is 2.18. The first kappa shape index (κ1) is 11.1. The van der Waals surface area contributed by atoms with Crippen molar-refractivity contribution in [3.63, 3.8) is 0 Å². The van der Waals surface area contributed by atoms with Gasteiger partial charge < -0.3 is 0 Å². The lowest BCUT2D eigenvalue weighted by molar-refractivity contribution is 0.256. The van der Waals surface area contributed by atoms with E-state index in [1.54, 1.807) is 10.8 Å². The second-order valence-electron chi connectivity index (χ2n) is 2.34. The average molecular weight is 228 g/mol. The molecule has 2 N–H and O–H groups in total. The fourth-order valence-corrected chi connectivity index (χ4v) is 1.05. The molecule has 0 unspecified atom stereocenters. The minimum absolute atomic E-state index is 0.00858. The maximum Gasteiger partial charge on any atom is 0.335 e. The van der Waals surface area contributed by atoms with Crippen LogP contribution in [0.15, 0.2) is 30.4 Å². The molecule has 0 spiro atoms. The van der Waals surface area contributed by atoms with E-state index in [0.717, 1.165) is 0 Å². The van der Waals surface area contributed by atoms with E-state index < -0.39 is 16.1 Å². The molecule has 0 radical (unpaired) electrons. The third kappa shape index (κ3) is 3.73. The second-order valence-corrected chi connectivity index (χ2v) is 3.97. The summed E-state index contributed by atoms with van der Waals surface area (Å²) in [6.07, 6.45) is 2.81. The number of sulfonamides is 1. The fraction of sp³-hybridized carbons (Fsp3) is 0. The lowest BCUT2D eigenvalue weighted by Gasteiger charge is -2.03. The Morgan fingerprint density at radius 3 is 2.53 bits per heavy atom. The molecule has 1 aromatic heterocycles. The van der Waals surface area contributed by atoms with Crippen LogP contribution in [0.2, 0.25) is 0 Å². The molecule has 1 rings (SSSR count). The number of aromatic nitrogens is 2. The first-order chi connectivity index (χ1) is 7.03. The smallest absolute Gasteiger partial charge is 0.275 e. The standard InChI is InChI=1S/C7H8N4O3S/c1-2-15(13,14)11-7(12)10-6-8-4-3-5-9-6/h2-5H,1H2,(H2,8,9,10,11,12). The van der Waals surface area contributed by atoms with Gasteiger partial charge in [-0.25, -0.2) is 27.9 Å². The van der Waals surface area contributed by atoms with Crippen LogP contribution in [-0.4, -0.2) is 24.4 Å². The monoisotopic (exact) mass is 228 g/mol. The molecule has 0 fully saturated rings. The Balaban J connectivity index is 2.62. The minimum atomic E-state index is -3.79. The Morgan fingerprint density at radius 1 is 1.40 bits per heavy atom. The van der Waals surface area contributed by atoms with Crippen molar-refractivity contribution in [1.82, 2.24) is 14.7 Å². The zero-order chi connectivity index (χ0) is 11.3. The predicted octanol–water partition coefficient (Wildman–Crippen LogP) is 0.0714. The molecule has 1 heterocycles. The maximum absolute atomic E-state index is 11.1. The van der Waals surface area contributed by atoms with Gasteiger partial charge >= 0.3 is 6.03 Å². The maximum atomic E-state index is 11.1. The molecule has 7 nitrogen and oxygen atoms in total. The molecule has 0 aliphatic rings. The Hall–Kier alpha value is -1.96. The van der Waals surface area contributed by atoms with Crippen LogP contribution in [0.25, 0.3) is 0 Å².